The summed E-state index contributed by atoms with van der Waals surface area (Å²) in [6, 6.07) is 7.84. The molecule has 3 N–H and O–H groups in total. The first-order valence-electron chi connectivity index (χ1n) is 5.00. The maximum absolute atomic E-state index is 6.10. The molecule has 82 valence electrons. The van der Waals surface area contributed by atoms with Crippen molar-refractivity contribution in [2.45, 2.75) is 25.8 Å². The molecule has 0 heterocycles. The van der Waals surface area contributed by atoms with E-state index < -0.39 is 0 Å². The number of rotatable bonds is 5. The van der Waals surface area contributed by atoms with E-state index >= 15 is 0 Å². The molecular formula is C12H17ClN2. The highest BCUT2D eigenvalue weighted by Crippen LogP contribution is 2.26. The SMILES string of the molecule is C=C(C)CCC(NN)c1ccccc1Cl. The third-order valence-electron chi connectivity index (χ3n) is 2.34. The summed E-state index contributed by atoms with van der Waals surface area (Å²) in [6.07, 6.45) is 1.86. The highest BCUT2D eigenvalue weighted by Gasteiger charge is 2.11. The minimum Gasteiger partial charge on any atom is -0.271 e. The first kappa shape index (κ1) is 12.2. The van der Waals surface area contributed by atoms with E-state index in [1.807, 2.05) is 31.2 Å². The second-order valence-electron chi connectivity index (χ2n) is 3.74. The topological polar surface area (TPSA) is 38.0 Å². The number of allylic oxidation sites excluding steroid dienone is 1. The van der Waals surface area contributed by atoms with Gasteiger partial charge in [-0.2, -0.15) is 0 Å². The predicted molar refractivity (Wildman–Crippen MR) is 65.6 cm³/mol. The molecule has 0 spiro atoms. The van der Waals surface area contributed by atoms with Gasteiger partial charge in [0.1, 0.15) is 0 Å². The Hall–Kier alpha value is -0.830. The lowest BCUT2D eigenvalue weighted by molar-refractivity contribution is 0.516. The molecule has 0 aliphatic rings. The third-order valence-corrected chi connectivity index (χ3v) is 2.69. The summed E-state index contributed by atoms with van der Waals surface area (Å²) in [5.74, 6) is 5.52. The number of hydrazine groups is 1. The van der Waals surface area contributed by atoms with Gasteiger partial charge in [0.25, 0.3) is 0 Å². The van der Waals surface area contributed by atoms with Crippen LogP contribution in [0, 0.1) is 0 Å². The predicted octanol–water partition coefficient (Wildman–Crippen LogP) is 3.20. The van der Waals surface area contributed by atoms with Gasteiger partial charge in [0.05, 0.1) is 0 Å². The molecular weight excluding hydrogens is 208 g/mol. The smallest absolute Gasteiger partial charge is 0.0477 e. The molecule has 0 fully saturated rings. The van der Waals surface area contributed by atoms with Crippen molar-refractivity contribution >= 4 is 11.6 Å². The molecule has 0 aliphatic heterocycles. The average Bonchev–Trinajstić information content (AvgIpc) is 2.21. The fourth-order valence-corrected chi connectivity index (χ4v) is 1.74. The van der Waals surface area contributed by atoms with Gasteiger partial charge in [-0.25, -0.2) is 0 Å². The molecule has 1 unspecified atom stereocenters. The van der Waals surface area contributed by atoms with Crippen LogP contribution in [0.1, 0.15) is 31.4 Å². The molecule has 3 heteroatoms. The maximum Gasteiger partial charge on any atom is 0.0477 e. The summed E-state index contributed by atoms with van der Waals surface area (Å²) in [7, 11) is 0. The number of halogens is 1. The van der Waals surface area contributed by atoms with Crippen molar-refractivity contribution in [2.75, 3.05) is 0 Å². The van der Waals surface area contributed by atoms with Gasteiger partial charge in [-0.1, -0.05) is 35.4 Å². The summed E-state index contributed by atoms with van der Waals surface area (Å²) in [6.45, 7) is 5.89. The molecule has 15 heavy (non-hydrogen) atoms. The molecule has 0 bridgehead atoms. The number of nitrogens with one attached hydrogen (secondary N) is 1. The molecule has 1 aromatic rings. The Bertz CT molecular complexity index is 336. The van der Waals surface area contributed by atoms with Crippen LogP contribution < -0.4 is 11.3 Å². The molecule has 1 atom stereocenters. The summed E-state index contributed by atoms with van der Waals surface area (Å²) >= 11 is 6.10. The zero-order chi connectivity index (χ0) is 11.3. The maximum atomic E-state index is 6.10. The number of nitrogens with two attached hydrogens (primary N) is 1. The largest absolute Gasteiger partial charge is 0.271 e. The zero-order valence-electron chi connectivity index (χ0n) is 8.96. The summed E-state index contributed by atoms with van der Waals surface area (Å²) in [5, 5.41) is 0.752. The third kappa shape index (κ3) is 3.67. The highest BCUT2D eigenvalue weighted by atomic mass is 35.5. The molecule has 0 amide bonds. The molecule has 0 saturated heterocycles. The second kappa shape index (κ2) is 5.91. The Morgan fingerprint density at radius 1 is 1.53 bits per heavy atom. The zero-order valence-corrected chi connectivity index (χ0v) is 9.72. The number of hydrogen-bond donors (Lipinski definition) is 2. The van der Waals surface area contributed by atoms with E-state index in [-0.39, 0.29) is 6.04 Å². The summed E-state index contributed by atoms with van der Waals surface area (Å²) in [5.41, 5.74) is 4.99. The van der Waals surface area contributed by atoms with Crippen molar-refractivity contribution in [2.24, 2.45) is 5.84 Å². The second-order valence-corrected chi connectivity index (χ2v) is 4.14. The van der Waals surface area contributed by atoms with E-state index in [0.717, 1.165) is 29.0 Å². The monoisotopic (exact) mass is 224 g/mol. The summed E-state index contributed by atoms with van der Waals surface area (Å²) in [4.78, 5) is 0. The van der Waals surface area contributed by atoms with Crippen LogP contribution >= 0.6 is 11.6 Å². The van der Waals surface area contributed by atoms with Crippen LogP contribution in [-0.2, 0) is 0 Å². The van der Waals surface area contributed by atoms with E-state index in [4.69, 9.17) is 17.4 Å². The van der Waals surface area contributed by atoms with E-state index in [1.54, 1.807) is 0 Å². The average molecular weight is 225 g/mol. The fraction of sp³-hybridized carbons (Fsp3) is 0.333. The van der Waals surface area contributed by atoms with Gasteiger partial charge in [0, 0.05) is 11.1 Å². The lowest BCUT2D eigenvalue weighted by atomic mass is 10.0. The Balaban J connectivity index is 2.74. The molecule has 0 aromatic heterocycles. The fourth-order valence-electron chi connectivity index (χ4n) is 1.48. The van der Waals surface area contributed by atoms with Crippen molar-refractivity contribution in [3.63, 3.8) is 0 Å². The van der Waals surface area contributed by atoms with Gasteiger partial charge in [0.2, 0.25) is 0 Å². The lowest BCUT2D eigenvalue weighted by Gasteiger charge is -2.17. The molecule has 2 nitrogen and oxygen atoms in total. The van der Waals surface area contributed by atoms with Crippen molar-refractivity contribution < 1.29 is 0 Å². The molecule has 1 rings (SSSR count). The van der Waals surface area contributed by atoms with Crippen molar-refractivity contribution in [1.82, 2.24) is 5.43 Å². The van der Waals surface area contributed by atoms with Gasteiger partial charge in [-0.15, -0.1) is 6.58 Å². The molecule has 0 aliphatic carbocycles. The van der Waals surface area contributed by atoms with Gasteiger partial charge < -0.3 is 0 Å². The van der Waals surface area contributed by atoms with Crippen LogP contribution in [-0.4, -0.2) is 0 Å². The van der Waals surface area contributed by atoms with Crippen LogP contribution in [0.4, 0.5) is 0 Å². The standard InChI is InChI=1S/C12H17ClN2/c1-9(2)7-8-12(15-14)10-5-3-4-6-11(10)13/h3-6,12,15H,1,7-8,14H2,2H3. The van der Waals surface area contributed by atoms with E-state index in [1.165, 1.54) is 0 Å². The van der Waals surface area contributed by atoms with Gasteiger partial charge >= 0.3 is 0 Å². The van der Waals surface area contributed by atoms with Crippen LogP contribution in [0.15, 0.2) is 36.4 Å². The quantitative estimate of drug-likeness (QED) is 0.458. The van der Waals surface area contributed by atoms with Gasteiger partial charge in [-0.3, -0.25) is 11.3 Å². The van der Waals surface area contributed by atoms with Crippen molar-refractivity contribution in [3.8, 4) is 0 Å². The lowest BCUT2D eigenvalue weighted by Crippen LogP contribution is -2.28. The Kier molecular flexibility index (Phi) is 4.82. The van der Waals surface area contributed by atoms with E-state index in [2.05, 4.69) is 12.0 Å². The van der Waals surface area contributed by atoms with Crippen LogP contribution in [0.3, 0.4) is 0 Å². The van der Waals surface area contributed by atoms with Crippen molar-refractivity contribution in [3.05, 3.63) is 47.0 Å². The minimum absolute atomic E-state index is 0.0930. The van der Waals surface area contributed by atoms with E-state index in [0.29, 0.717) is 0 Å². The Morgan fingerprint density at radius 3 is 2.73 bits per heavy atom. The van der Waals surface area contributed by atoms with Crippen LogP contribution in [0.5, 0.6) is 0 Å². The molecule has 0 saturated carbocycles. The van der Waals surface area contributed by atoms with Gasteiger partial charge in [-0.05, 0) is 31.4 Å². The number of hydrogen-bond acceptors (Lipinski definition) is 2. The van der Waals surface area contributed by atoms with Gasteiger partial charge in [0.15, 0.2) is 0 Å². The normalized spacial score (nSPS) is 12.5. The first-order valence-corrected chi connectivity index (χ1v) is 5.38. The minimum atomic E-state index is 0.0930. The summed E-state index contributed by atoms with van der Waals surface area (Å²) < 4.78 is 0. The van der Waals surface area contributed by atoms with Crippen LogP contribution in [0.2, 0.25) is 5.02 Å². The first-order chi connectivity index (χ1) is 7.15. The molecule has 1 aromatic carbocycles. The van der Waals surface area contributed by atoms with Crippen molar-refractivity contribution in [1.29, 1.82) is 0 Å². The Morgan fingerprint density at radius 2 is 2.20 bits per heavy atom. The molecule has 0 radical (unpaired) electrons. The Labute approximate surface area is 96.1 Å². The number of benzene rings is 1. The highest BCUT2D eigenvalue weighted by molar-refractivity contribution is 6.31. The van der Waals surface area contributed by atoms with Crippen LogP contribution in [0.25, 0.3) is 0 Å². The van der Waals surface area contributed by atoms with E-state index in [9.17, 15) is 0 Å².